The third kappa shape index (κ3) is 7.91. The quantitative estimate of drug-likeness (QED) is 0.128. The van der Waals surface area contributed by atoms with E-state index in [4.69, 9.17) is 9.72 Å². The maximum Gasteiger partial charge on any atom is 0.135 e. The molecule has 1 aliphatic carbocycles. The standard InChI is InChI=1S/C73H47N4O.Pt/c1-5-22-50(23-6-1)53-44-63(51-24-7-2-8-25-51)72(64(45-53)52-26-9-3-10-27-52)76-49-75(68-38-19-20-39-69(68)76)56-30-21-31-57(47-56)78-58-40-41-62-61-34-15-18-37-67(61)77(70(62)48-58)71-46-55(42-43-74-71)73(54-28-11-4-12-29-54)65-35-16-13-32-59(65)60-33-14-17-36-66(60)73;/h1-46,49H;/q-3;. The maximum absolute atomic E-state index is 6.84. The molecule has 0 N–H and O–H groups in total. The molecule has 1 aliphatic heterocycles. The second-order valence-corrected chi connectivity index (χ2v) is 19.9. The van der Waals surface area contributed by atoms with Gasteiger partial charge in [-0.1, -0.05) is 206 Å². The first-order chi connectivity index (χ1) is 38.7. The Labute approximate surface area is 474 Å². The van der Waals surface area contributed by atoms with Crippen LogP contribution in [0, 0.1) is 18.8 Å². The summed E-state index contributed by atoms with van der Waals surface area (Å²) in [6.07, 6.45) is 1.96. The molecule has 378 valence electrons. The number of anilines is 4. The summed E-state index contributed by atoms with van der Waals surface area (Å²) in [6, 6.07) is 105. The number of rotatable bonds is 10. The van der Waals surface area contributed by atoms with E-state index >= 15 is 0 Å². The van der Waals surface area contributed by atoms with Crippen LogP contribution in [-0.2, 0) is 26.5 Å². The van der Waals surface area contributed by atoms with Gasteiger partial charge < -0.3 is 19.1 Å². The second-order valence-electron chi connectivity index (χ2n) is 19.9. The molecule has 0 radical (unpaired) electrons. The van der Waals surface area contributed by atoms with Crippen LogP contribution in [0.4, 0.5) is 22.7 Å². The molecule has 13 aromatic rings. The number of pyridine rings is 1. The first kappa shape index (κ1) is 47.9. The Kier molecular flexibility index (Phi) is 12.0. The Morgan fingerprint density at radius 3 is 1.63 bits per heavy atom. The van der Waals surface area contributed by atoms with Crippen LogP contribution in [0.2, 0.25) is 0 Å². The molecule has 0 atom stereocenters. The van der Waals surface area contributed by atoms with Crippen LogP contribution in [0.15, 0.2) is 279 Å². The summed E-state index contributed by atoms with van der Waals surface area (Å²) in [7, 11) is 0. The van der Waals surface area contributed by atoms with Gasteiger partial charge in [0.25, 0.3) is 0 Å². The zero-order valence-electron chi connectivity index (χ0n) is 42.6. The minimum atomic E-state index is -0.574. The molecule has 0 fully saturated rings. The zero-order chi connectivity index (χ0) is 51.6. The molecule has 0 spiro atoms. The molecular formula is C73H47N4OPt-3. The molecule has 11 aromatic carbocycles. The van der Waals surface area contributed by atoms with Crippen LogP contribution in [0.3, 0.4) is 0 Å². The Hall–Kier alpha value is -9.54. The number of hydrogen-bond acceptors (Lipinski definition) is 4. The van der Waals surface area contributed by atoms with Gasteiger partial charge in [-0.05, 0) is 103 Å². The van der Waals surface area contributed by atoms with Crippen molar-refractivity contribution in [3.8, 4) is 61.8 Å². The molecule has 3 heterocycles. The third-order valence-corrected chi connectivity index (χ3v) is 15.6. The predicted octanol–water partition coefficient (Wildman–Crippen LogP) is 18.3. The number of benzene rings is 11. The monoisotopic (exact) mass is 1190 g/mol. The van der Waals surface area contributed by atoms with Crippen molar-refractivity contribution in [3.63, 3.8) is 0 Å². The Balaban J connectivity index is 0.00000564. The zero-order valence-corrected chi connectivity index (χ0v) is 44.9. The third-order valence-electron chi connectivity index (χ3n) is 15.6. The molecule has 0 amide bonds. The van der Waals surface area contributed by atoms with Crippen LogP contribution in [0.1, 0.15) is 22.3 Å². The van der Waals surface area contributed by atoms with Gasteiger partial charge in [0, 0.05) is 72.5 Å². The van der Waals surface area contributed by atoms with Crippen molar-refractivity contribution in [2.75, 3.05) is 9.80 Å². The van der Waals surface area contributed by atoms with Crippen molar-refractivity contribution in [3.05, 3.63) is 320 Å². The van der Waals surface area contributed by atoms with Gasteiger partial charge in [0.15, 0.2) is 0 Å². The number of para-hydroxylation sites is 3. The van der Waals surface area contributed by atoms with Crippen molar-refractivity contribution < 1.29 is 25.8 Å². The summed E-state index contributed by atoms with van der Waals surface area (Å²) in [5.74, 6) is 1.94. The van der Waals surface area contributed by atoms with E-state index in [-0.39, 0.29) is 21.1 Å². The summed E-state index contributed by atoms with van der Waals surface area (Å²) < 4.78 is 9.07. The van der Waals surface area contributed by atoms with Gasteiger partial charge in [-0.15, -0.1) is 48.1 Å². The van der Waals surface area contributed by atoms with Crippen LogP contribution < -0.4 is 14.5 Å². The molecule has 0 bridgehead atoms. The minimum Gasteiger partial charge on any atom is -0.509 e. The Morgan fingerprint density at radius 2 is 0.962 bits per heavy atom. The van der Waals surface area contributed by atoms with Crippen LogP contribution in [0.25, 0.3) is 72.1 Å². The second kappa shape index (κ2) is 19.8. The Bertz CT molecular complexity index is 4300. The smallest absolute Gasteiger partial charge is 0.135 e. The Morgan fingerprint density at radius 1 is 0.405 bits per heavy atom. The SMILES string of the molecule is [Pt].[c-]1c(Oc2[c-]c3c(cc2)c2ccccc2n3-c2cc(C3(c4ccccc4)c4ccccc4-c4ccccc43)ccn2)cccc1N1[CH-]N(c2c(-c3ccccc3)cc(-c3ccccc3)cc2-c2ccccc2)c2ccccc21. The largest absolute Gasteiger partial charge is 0.509 e. The maximum atomic E-state index is 6.84. The van der Waals surface area contributed by atoms with Crippen LogP contribution >= 0.6 is 0 Å². The van der Waals surface area contributed by atoms with E-state index in [1.807, 2.05) is 24.4 Å². The van der Waals surface area contributed by atoms with Crippen molar-refractivity contribution in [1.82, 2.24) is 9.55 Å². The first-order valence-electron chi connectivity index (χ1n) is 26.4. The first-order valence-corrected chi connectivity index (χ1v) is 26.4. The molecule has 0 saturated carbocycles. The van der Waals surface area contributed by atoms with Gasteiger partial charge >= 0.3 is 0 Å². The van der Waals surface area contributed by atoms with E-state index in [0.29, 0.717) is 11.5 Å². The number of nitrogens with zero attached hydrogens (tertiary/aromatic N) is 4. The average molecular weight is 1190 g/mol. The molecule has 15 rings (SSSR count). The fourth-order valence-corrected chi connectivity index (χ4v) is 12.3. The summed E-state index contributed by atoms with van der Waals surface area (Å²) in [5.41, 5.74) is 19.5. The van der Waals surface area contributed by atoms with Crippen molar-refractivity contribution >= 4 is 44.6 Å². The van der Waals surface area contributed by atoms with E-state index in [9.17, 15) is 0 Å². The van der Waals surface area contributed by atoms with E-state index in [1.165, 1.54) is 27.8 Å². The fraction of sp³-hybridized carbons (Fsp3) is 0.0137. The van der Waals surface area contributed by atoms with Crippen molar-refractivity contribution in [2.45, 2.75) is 5.41 Å². The summed E-state index contributed by atoms with van der Waals surface area (Å²) >= 11 is 0. The predicted molar refractivity (Wildman–Crippen MR) is 318 cm³/mol. The van der Waals surface area contributed by atoms with Gasteiger partial charge in [0.2, 0.25) is 0 Å². The van der Waals surface area contributed by atoms with Crippen molar-refractivity contribution in [2.24, 2.45) is 0 Å². The van der Waals surface area contributed by atoms with Gasteiger partial charge in [0.05, 0.1) is 5.41 Å². The van der Waals surface area contributed by atoms with Gasteiger partial charge in [-0.2, -0.15) is 12.1 Å². The molecule has 5 nitrogen and oxygen atoms in total. The van der Waals surface area contributed by atoms with Gasteiger partial charge in [-0.3, -0.25) is 0 Å². The normalized spacial score (nSPS) is 13.0. The van der Waals surface area contributed by atoms with E-state index in [2.05, 4.69) is 288 Å². The van der Waals surface area contributed by atoms with Crippen molar-refractivity contribution in [1.29, 1.82) is 0 Å². The van der Waals surface area contributed by atoms with E-state index in [1.54, 1.807) is 0 Å². The number of fused-ring (bicyclic) bond motifs is 7. The molecule has 2 aliphatic rings. The minimum absolute atomic E-state index is 0. The molecule has 0 saturated heterocycles. The molecule has 79 heavy (non-hydrogen) atoms. The molecular weight excluding hydrogens is 1140 g/mol. The fourth-order valence-electron chi connectivity index (χ4n) is 12.3. The van der Waals surface area contributed by atoms with Gasteiger partial charge in [-0.25, -0.2) is 4.98 Å². The van der Waals surface area contributed by atoms with E-state index in [0.717, 1.165) is 89.3 Å². The summed E-state index contributed by atoms with van der Waals surface area (Å²) in [4.78, 5) is 9.70. The van der Waals surface area contributed by atoms with E-state index < -0.39 is 5.41 Å². The topological polar surface area (TPSA) is 33.5 Å². The average Bonchev–Trinajstić information content (AvgIpc) is 4.30. The number of hydrogen-bond donors (Lipinski definition) is 0. The van der Waals surface area contributed by atoms with Gasteiger partial charge in [0.1, 0.15) is 5.82 Å². The summed E-state index contributed by atoms with van der Waals surface area (Å²) in [5, 5.41) is 2.17. The van der Waals surface area contributed by atoms with Crippen LogP contribution in [-0.4, -0.2) is 9.55 Å². The number of aromatic nitrogens is 2. The van der Waals surface area contributed by atoms with Crippen LogP contribution in [0.5, 0.6) is 11.5 Å². The molecule has 6 heteroatoms. The molecule has 2 aromatic heterocycles. The summed E-state index contributed by atoms with van der Waals surface area (Å²) in [6.45, 7) is 2.19. The number of ether oxygens (including phenoxy) is 1. The molecule has 0 unspecified atom stereocenters.